The SMILES string of the molecule is FC1(F)COC2(CC[NH2+]CC2)c2sc(Cl)cc21. The van der Waals surface area contributed by atoms with Crippen molar-refractivity contribution in [2.45, 2.75) is 24.4 Å². The highest BCUT2D eigenvalue weighted by molar-refractivity contribution is 7.16. The average Bonchev–Trinajstić information content (AvgIpc) is 2.71. The highest BCUT2D eigenvalue weighted by Crippen LogP contribution is 2.51. The summed E-state index contributed by atoms with van der Waals surface area (Å²) in [7, 11) is 0. The van der Waals surface area contributed by atoms with Crippen LogP contribution in [0.3, 0.4) is 0 Å². The van der Waals surface area contributed by atoms with Crippen molar-refractivity contribution in [3.8, 4) is 0 Å². The molecule has 0 aromatic carbocycles. The van der Waals surface area contributed by atoms with E-state index in [1.54, 1.807) is 0 Å². The Bertz CT molecular complexity index is 443. The second kappa shape index (κ2) is 3.88. The van der Waals surface area contributed by atoms with E-state index in [-0.39, 0.29) is 5.56 Å². The zero-order valence-corrected chi connectivity index (χ0v) is 10.7. The molecule has 1 spiro atoms. The molecule has 2 N–H and O–H groups in total. The molecule has 0 radical (unpaired) electrons. The molecule has 1 saturated heterocycles. The van der Waals surface area contributed by atoms with Crippen LogP contribution in [0.4, 0.5) is 8.78 Å². The molecule has 6 heteroatoms. The van der Waals surface area contributed by atoms with E-state index in [0.717, 1.165) is 25.9 Å². The number of rotatable bonds is 0. The number of quaternary nitrogens is 1. The van der Waals surface area contributed by atoms with Gasteiger partial charge in [-0.3, -0.25) is 0 Å². The van der Waals surface area contributed by atoms with Gasteiger partial charge in [-0.2, -0.15) is 8.78 Å². The molecule has 17 heavy (non-hydrogen) atoms. The Balaban J connectivity index is 2.10. The molecule has 2 nitrogen and oxygen atoms in total. The molecule has 0 saturated carbocycles. The van der Waals surface area contributed by atoms with Crippen LogP contribution in [0.5, 0.6) is 0 Å². The summed E-state index contributed by atoms with van der Waals surface area (Å²) < 4.78 is 33.5. The summed E-state index contributed by atoms with van der Waals surface area (Å²) in [6.07, 6.45) is 1.57. The zero-order chi connectivity index (χ0) is 12.1. The molecule has 0 unspecified atom stereocenters. The Labute approximate surface area is 107 Å². The molecule has 3 rings (SSSR count). The molecule has 2 aliphatic heterocycles. The first kappa shape index (κ1) is 11.8. The first-order valence-corrected chi connectivity index (χ1v) is 6.87. The largest absolute Gasteiger partial charge is 0.362 e. The molecule has 0 amide bonds. The Morgan fingerprint density at radius 2 is 2.06 bits per heavy atom. The molecule has 0 bridgehead atoms. The van der Waals surface area contributed by atoms with Crippen LogP contribution in [0.2, 0.25) is 4.34 Å². The van der Waals surface area contributed by atoms with E-state index < -0.39 is 18.1 Å². The maximum Gasteiger partial charge on any atom is 0.297 e. The predicted molar refractivity (Wildman–Crippen MR) is 61.7 cm³/mol. The first-order valence-electron chi connectivity index (χ1n) is 5.67. The molecule has 1 fully saturated rings. The van der Waals surface area contributed by atoms with Gasteiger partial charge in [-0.1, -0.05) is 11.6 Å². The van der Waals surface area contributed by atoms with Gasteiger partial charge < -0.3 is 10.1 Å². The number of hydrogen-bond acceptors (Lipinski definition) is 2. The lowest BCUT2D eigenvalue weighted by molar-refractivity contribution is -0.669. The number of fused-ring (bicyclic) bond motifs is 2. The van der Waals surface area contributed by atoms with Gasteiger partial charge in [0.05, 0.1) is 17.4 Å². The lowest BCUT2D eigenvalue weighted by Crippen LogP contribution is -2.87. The van der Waals surface area contributed by atoms with Crippen LogP contribution < -0.4 is 5.32 Å². The average molecular weight is 281 g/mol. The van der Waals surface area contributed by atoms with Crippen molar-refractivity contribution in [1.82, 2.24) is 0 Å². The molecule has 0 atom stereocenters. The summed E-state index contributed by atoms with van der Waals surface area (Å²) in [4.78, 5) is 0.645. The van der Waals surface area contributed by atoms with Crippen molar-refractivity contribution >= 4 is 22.9 Å². The fraction of sp³-hybridized carbons (Fsp3) is 0.636. The quantitative estimate of drug-likeness (QED) is 0.774. The summed E-state index contributed by atoms with van der Waals surface area (Å²) in [5.41, 5.74) is -0.426. The van der Waals surface area contributed by atoms with E-state index in [1.165, 1.54) is 17.4 Å². The molecule has 94 valence electrons. The standard InChI is InChI=1S/C11H12ClF2NOS/c12-8-5-7-9(17-8)10(1-3-15-4-2-10)16-6-11(7,13)14/h5,15H,1-4,6H2/p+1. The van der Waals surface area contributed by atoms with Crippen molar-refractivity contribution in [2.75, 3.05) is 19.7 Å². The minimum Gasteiger partial charge on any atom is -0.362 e. The summed E-state index contributed by atoms with van der Waals surface area (Å²) in [6.45, 7) is 1.31. The van der Waals surface area contributed by atoms with Gasteiger partial charge in [-0.05, 0) is 6.07 Å². The van der Waals surface area contributed by atoms with Gasteiger partial charge in [0.25, 0.3) is 5.92 Å². The molecule has 1 aromatic heterocycles. The van der Waals surface area contributed by atoms with Crippen LogP contribution in [-0.4, -0.2) is 19.7 Å². The first-order chi connectivity index (χ1) is 8.04. The number of alkyl halides is 2. The van der Waals surface area contributed by atoms with Gasteiger partial charge in [-0.15, -0.1) is 11.3 Å². The summed E-state index contributed by atoms with van der Waals surface area (Å²) in [5, 5.41) is 2.19. The second-order valence-corrected chi connectivity index (χ2v) is 6.33. The Morgan fingerprint density at radius 3 is 2.76 bits per heavy atom. The van der Waals surface area contributed by atoms with Crippen LogP contribution >= 0.6 is 22.9 Å². The third-order valence-corrected chi connectivity index (χ3v) is 4.99. The van der Waals surface area contributed by atoms with Crippen LogP contribution in [0.1, 0.15) is 23.3 Å². The number of hydrogen-bond donors (Lipinski definition) is 1. The fourth-order valence-corrected chi connectivity index (χ4v) is 4.13. The Kier molecular flexibility index (Phi) is 2.70. The molecular formula is C11H13ClF2NOS+. The van der Waals surface area contributed by atoms with E-state index in [4.69, 9.17) is 16.3 Å². The van der Waals surface area contributed by atoms with Gasteiger partial charge in [-0.25, -0.2) is 0 Å². The number of piperidine rings is 1. The van der Waals surface area contributed by atoms with Crippen LogP contribution in [-0.2, 0) is 16.3 Å². The zero-order valence-electron chi connectivity index (χ0n) is 9.14. The summed E-state index contributed by atoms with van der Waals surface area (Å²) in [6, 6.07) is 1.41. The van der Waals surface area contributed by atoms with Crippen molar-refractivity contribution in [3.63, 3.8) is 0 Å². The monoisotopic (exact) mass is 280 g/mol. The van der Waals surface area contributed by atoms with E-state index in [1.807, 2.05) is 0 Å². The van der Waals surface area contributed by atoms with Crippen molar-refractivity contribution < 1.29 is 18.8 Å². The molecule has 2 aliphatic rings. The van der Waals surface area contributed by atoms with Gasteiger partial charge in [0, 0.05) is 23.3 Å². The van der Waals surface area contributed by atoms with Crippen molar-refractivity contribution in [3.05, 3.63) is 20.8 Å². The van der Waals surface area contributed by atoms with Gasteiger partial charge in [0.1, 0.15) is 12.2 Å². The maximum atomic E-state index is 13.8. The van der Waals surface area contributed by atoms with Crippen LogP contribution in [0, 0.1) is 0 Å². The molecular weight excluding hydrogens is 268 g/mol. The lowest BCUT2D eigenvalue weighted by atomic mass is 9.85. The minimum atomic E-state index is -2.90. The normalized spacial score (nSPS) is 25.8. The van der Waals surface area contributed by atoms with E-state index in [2.05, 4.69) is 5.32 Å². The Morgan fingerprint density at radius 1 is 1.35 bits per heavy atom. The topological polar surface area (TPSA) is 25.8 Å². The summed E-state index contributed by atoms with van der Waals surface area (Å²) in [5.74, 6) is -2.90. The minimum absolute atomic E-state index is 0.0839. The van der Waals surface area contributed by atoms with Crippen LogP contribution in [0.15, 0.2) is 6.07 Å². The second-order valence-electron chi connectivity index (χ2n) is 4.65. The van der Waals surface area contributed by atoms with Gasteiger partial charge in [0.2, 0.25) is 0 Å². The van der Waals surface area contributed by atoms with E-state index in [0.29, 0.717) is 9.21 Å². The molecule has 1 aromatic rings. The molecule has 3 heterocycles. The summed E-state index contributed by atoms with van der Waals surface area (Å²) >= 11 is 7.15. The Hall–Kier alpha value is -0.230. The van der Waals surface area contributed by atoms with Crippen molar-refractivity contribution in [2.24, 2.45) is 0 Å². The highest BCUT2D eigenvalue weighted by atomic mass is 35.5. The van der Waals surface area contributed by atoms with Crippen LogP contribution in [0.25, 0.3) is 0 Å². The number of thiophene rings is 1. The van der Waals surface area contributed by atoms with Gasteiger partial charge >= 0.3 is 0 Å². The smallest absolute Gasteiger partial charge is 0.297 e. The highest BCUT2D eigenvalue weighted by Gasteiger charge is 2.51. The van der Waals surface area contributed by atoms with E-state index in [9.17, 15) is 8.78 Å². The number of ether oxygens (including phenoxy) is 1. The number of halogens is 3. The lowest BCUT2D eigenvalue weighted by Gasteiger charge is -2.41. The third-order valence-electron chi connectivity index (χ3n) is 3.54. The number of nitrogens with two attached hydrogens (primary N) is 1. The molecule has 0 aliphatic carbocycles. The maximum absolute atomic E-state index is 13.8. The van der Waals surface area contributed by atoms with Crippen molar-refractivity contribution in [1.29, 1.82) is 0 Å². The van der Waals surface area contributed by atoms with Gasteiger partial charge in [0.15, 0.2) is 0 Å². The fourth-order valence-electron chi connectivity index (χ4n) is 2.65. The predicted octanol–water partition coefficient (Wildman–Crippen LogP) is 2.08. The van der Waals surface area contributed by atoms with E-state index >= 15 is 0 Å². The third kappa shape index (κ3) is 1.80.